The topological polar surface area (TPSA) is 55.8 Å². The van der Waals surface area contributed by atoms with Crippen molar-refractivity contribution in [2.45, 2.75) is 25.9 Å². The van der Waals surface area contributed by atoms with E-state index in [1.54, 1.807) is 0 Å². The van der Waals surface area contributed by atoms with Crippen LogP contribution < -0.4 is 0 Å². The number of carbonyl (C=O) groups excluding carboxylic acids is 2. The van der Waals surface area contributed by atoms with E-state index in [1.165, 1.54) is 4.90 Å². The number of amides is 1. The summed E-state index contributed by atoms with van der Waals surface area (Å²) >= 11 is 0. The normalized spacial score (nSPS) is 21.1. The lowest BCUT2D eigenvalue weighted by atomic mass is 10.3. The minimum Gasteiger partial charge on any atom is -0.449 e. The minimum atomic E-state index is -0.502. The van der Waals surface area contributed by atoms with E-state index in [0.717, 1.165) is 12.8 Å². The van der Waals surface area contributed by atoms with E-state index >= 15 is 0 Å². The summed E-state index contributed by atoms with van der Waals surface area (Å²) in [6.45, 7) is 3.67. The molecule has 1 fully saturated rings. The van der Waals surface area contributed by atoms with Crippen LogP contribution in [0.1, 0.15) is 19.8 Å². The zero-order valence-corrected chi connectivity index (χ0v) is 8.98. The molecule has 0 aromatic rings. The maximum atomic E-state index is 11.5. The van der Waals surface area contributed by atoms with Crippen LogP contribution in [0.2, 0.25) is 0 Å². The Morgan fingerprint density at radius 2 is 2.47 bits per heavy atom. The molecule has 5 heteroatoms. The van der Waals surface area contributed by atoms with E-state index in [2.05, 4.69) is 0 Å². The van der Waals surface area contributed by atoms with Gasteiger partial charge in [-0.3, -0.25) is 0 Å². The SMILES string of the molecule is CCCCOC(=O)N1CCO[C@H](C=O)C1. The Morgan fingerprint density at radius 3 is 3.13 bits per heavy atom. The van der Waals surface area contributed by atoms with Crippen molar-refractivity contribution in [1.29, 1.82) is 0 Å². The molecule has 1 aliphatic rings. The average Bonchev–Trinajstić information content (AvgIpc) is 2.29. The third-order valence-corrected chi connectivity index (χ3v) is 2.23. The van der Waals surface area contributed by atoms with Crippen molar-refractivity contribution in [1.82, 2.24) is 4.90 Å². The summed E-state index contributed by atoms with van der Waals surface area (Å²) in [6.07, 6.45) is 1.72. The van der Waals surface area contributed by atoms with Crippen molar-refractivity contribution >= 4 is 12.4 Å². The molecule has 1 atom stereocenters. The molecule has 1 aliphatic heterocycles. The second-order valence-corrected chi connectivity index (χ2v) is 3.46. The van der Waals surface area contributed by atoms with Crippen molar-refractivity contribution in [3.05, 3.63) is 0 Å². The number of aldehydes is 1. The summed E-state index contributed by atoms with van der Waals surface area (Å²) in [5, 5.41) is 0. The second-order valence-electron chi connectivity index (χ2n) is 3.46. The van der Waals surface area contributed by atoms with Crippen LogP contribution >= 0.6 is 0 Å². The molecule has 0 N–H and O–H groups in total. The fraction of sp³-hybridized carbons (Fsp3) is 0.800. The Hall–Kier alpha value is -1.10. The van der Waals surface area contributed by atoms with Crippen molar-refractivity contribution in [2.75, 3.05) is 26.3 Å². The van der Waals surface area contributed by atoms with Gasteiger partial charge < -0.3 is 19.2 Å². The molecule has 1 amide bonds. The number of rotatable bonds is 4. The highest BCUT2D eigenvalue weighted by Gasteiger charge is 2.24. The quantitative estimate of drug-likeness (QED) is 0.514. The number of carbonyl (C=O) groups is 2. The van der Waals surface area contributed by atoms with Crippen molar-refractivity contribution < 1.29 is 19.1 Å². The Balaban J connectivity index is 2.28. The van der Waals surface area contributed by atoms with E-state index in [0.29, 0.717) is 32.6 Å². The molecule has 0 aromatic heterocycles. The summed E-state index contributed by atoms with van der Waals surface area (Å²) < 4.78 is 10.1. The van der Waals surface area contributed by atoms with Gasteiger partial charge in [0.2, 0.25) is 0 Å². The minimum absolute atomic E-state index is 0.300. The van der Waals surface area contributed by atoms with Crippen LogP contribution in [0.4, 0.5) is 4.79 Å². The Kier molecular flexibility index (Phi) is 5.10. The highest BCUT2D eigenvalue weighted by atomic mass is 16.6. The molecule has 0 aliphatic carbocycles. The number of hydrogen-bond donors (Lipinski definition) is 0. The summed E-state index contributed by atoms with van der Waals surface area (Å²) in [4.78, 5) is 23.5. The molecule has 0 radical (unpaired) electrons. The van der Waals surface area contributed by atoms with E-state index in [-0.39, 0.29) is 6.09 Å². The Bertz CT molecular complexity index is 219. The van der Waals surface area contributed by atoms with Gasteiger partial charge in [-0.1, -0.05) is 13.3 Å². The molecule has 0 bridgehead atoms. The standard InChI is InChI=1S/C10H17NO4/c1-2-3-5-15-10(13)11-4-6-14-9(7-11)8-12/h8-9H,2-7H2,1H3/t9-/m0/s1. The number of nitrogens with zero attached hydrogens (tertiary/aromatic N) is 1. The van der Waals surface area contributed by atoms with Gasteiger partial charge in [-0.05, 0) is 6.42 Å². The third-order valence-electron chi connectivity index (χ3n) is 2.23. The van der Waals surface area contributed by atoms with E-state index < -0.39 is 6.10 Å². The first-order chi connectivity index (χ1) is 7.27. The molecular formula is C10H17NO4. The lowest BCUT2D eigenvalue weighted by Gasteiger charge is -2.29. The number of ether oxygens (including phenoxy) is 2. The smallest absolute Gasteiger partial charge is 0.409 e. The van der Waals surface area contributed by atoms with Gasteiger partial charge in [-0.15, -0.1) is 0 Å². The van der Waals surface area contributed by atoms with Crippen molar-refractivity contribution in [3.63, 3.8) is 0 Å². The molecular weight excluding hydrogens is 198 g/mol. The third kappa shape index (κ3) is 3.87. The highest BCUT2D eigenvalue weighted by molar-refractivity contribution is 5.69. The first-order valence-corrected chi connectivity index (χ1v) is 5.26. The van der Waals surface area contributed by atoms with Crippen LogP contribution in [0.3, 0.4) is 0 Å². The number of unbranched alkanes of at least 4 members (excludes halogenated alkanes) is 1. The van der Waals surface area contributed by atoms with Crippen molar-refractivity contribution in [3.8, 4) is 0 Å². The van der Waals surface area contributed by atoms with Gasteiger partial charge in [0, 0.05) is 6.54 Å². The molecule has 15 heavy (non-hydrogen) atoms. The van der Waals surface area contributed by atoms with Crippen LogP contribution in [-0.4, -0.2) is 49.7 Å². The fourth-order valence-corrected chi connectivity index (χ4v) is 1.32. The van der Waals surface area contributed by atoms with Crippen molar-refractivity contribution in [2.24, 2.45) is 0 Å². The summed E-state index contributed by atoms with van der Waals surface area (Å²) in [6, 6.07) is 0. The van der Waals surface area contributed by atoms with E-state index in [1.807, 2.05) is 6.92 Å². The molecule has 1 heterocycles. The van der Waals surface area contributed by atoms with E-state index in [9.17, 15) is 9.59 Å². The summed E-state index contributed by atoms with van der Waals surface area (Å²) in [5.74, 6) is 0. The van der Waals surface area contributed by atoms with Gasteiger partial charge in [0.15, 0.2) is 6.29 Å². The summed E-state index contributed by atoms with van der Waals surface area (Å²) in [7, 11) is 0. The predicted molar refractivity (Wildman–Crippen MR) is 53.6 cm³/mol. The number of morpholine rings is 1. The zero-order valence-electron chi connectivity index (χ0n) is 8.98. The Morgan fingerprint density at radius 1 is 1.67 bits per heavy atom. The first-order valence-electron chi connectivity index (χ1n) is 5.26. The average molecular weight is 215 g/mol. The molecule has 0 aromatic carbocycles. The van der Waals surface area contributed by atoms with Gasteiger partial charge in [-0.2, -0.15) is 0 Å². The van der Waals surface area contributed by atoms with Gasteiger partial charge in [-0.25, -0.2) is 4.79 Å². The Labute approximate surface area is 89.3 Å². The largest absolute Gasteiger partial charge is 0.449 e. The summed E-state index contributed by atoms with van der Waals surface area (Å²) in [5.41, 5.74) is 0. The monoisotopic (exact) mass is 215 g/mol. The maximum absolute atomic E-state index is 11.5. The lowest BCUT2D eigenvalue weighted by Crippen LogP contribution is -2.46. The van der Waals surface area contributed by atoms with Gasteiger partial charge in [0.05, 0.1) is 19.8 Å². The lowest BCUT2D eigenvalue weighted by molar-refractivity contribution is -0.122. The molecule has 86 valence electrons. The molecule has 1 rings (SSSR count). The molecule has 0 saturated carbocycles. The fourth-order valence-electron chi connectivity index (χ4n) is 1.32. The molecule has 1 saturated heterocycles. The maximum Gasteiger partial charge on any atom is 0.409 e. The van der Waals surface area contributed by atoms with Crippen LogP contribution in [-0.2, 0) is 14.3 Å². The van der Waals surface area contributed by atoms with Gasteiger partial charge in [0.25, 0.3) is 0 Å². The van der Waals surface area contributed by atoms with Crippen LogP contribution in [0.15, 0.2) is 0 Å². The van der Waals surface area contributed by atoms with E-state index in [4.69, 9.17) is 9.47 Å². The molecule has 0 unspecified atom stereocenters. The molecule has 0 spiro atoms. The number of hydrogen-bond acceptors (Lipinski definition) is 4. The van der Waals surface area contributed by atoms with Crippen LogP contribution in [0, 0.1) is 0 Å². The predicted octanol–water partition coefficient (Wildman–Crippen LogP) is 0.823. The second kappa shape index (κ2) is 6.40. The van der Waals surface area contributed by atoms with Crippen LogP contribution in [0.25, 0.3) is 0 Å². The molecule has 5 nitrogen and oxygen atoms in total. The van der Waals surface area contributed by atoms with Gasteiger partial charge >= 0.3 is 6.09 Å². The highest BCUT2D eigenvalue weighted by Crippen LogP contribution is 2.05. The van der Waals surface area contributed by atoms with Crippen LogP contribution in [0.5, 0.6) is 0 Å². The first kappa shape index (κ1) is 12.0. The van der Waals surface area contributed by atoms with Gasteiger partial charge in [0.1, 0.15) is 6.10 Å². The zero-order chi connectivity index (χ0) is 11.1.